The number of esters is 1. The summed E-state index contributed by atoms with van der Waals surface area (Å²) >= 11 is 0. The maximum Gasteiger partial charge on any atom is 0.337 e. The molecule has 5 heteroatoms. The third-order valence-corrected chi connectivity index (χ3v) is 3.83. The van der Waals surface area contributed by atoms with E-state index in [4.69, 9.17) is 0 Å². The summed E-state index contributed by atoms with van der Waals surface area (Å²) in [6.07, 6.45) is 0.328. The molecule has 0 radical (unpaired) electrons. The normalized spacial score (nSPS) is 10.4. The lowest BCUT2D eigenvalue weighted by molar-refractivity contribution is -0.115. The molecular weight excluding hydrogens is 316 g/mol. The van der Waals surface area contributed by atoms with Crippen LogP contribution in [0.4, 0.5) is 11.4 Å². The van der Waals surface area contributed by atoms with Crippen molar-refractivity contribution in [1.82, 2.24) is 0 Å². The zero-order valence-corrected chi connectivity index (χ0v) is 14.8. The Morgan fingerprint density at radius 1 is 1.04 bits per heavy atom. The summed E-state index contributed by atoms with van der Waals surface area (Å²) < 4.78 is 4.67. The average Bonchev–Trinajstić information content (AvgIpc) is 2.61. The van der Waals surface area contributed by atoms with Gasteiger partial charge in [0, 0.05) is 24.3 Å². The van der Waals surface area contributed by atoms with Gasteiger partial charge in [-0.15, -0.1) is 0 Å². The van der Waals surface area contributed by atoms with Gasteiger partial charge in [-0.05, 0) is 41.8 Å². The number of carbonyl (C=O) groups excluding carboxylic acids is 2. The minimum absolute atomic E-state index is 0.117. The lowest BCUT2D eigenvalue weighted by Gasteiger charge is -2.10. The van der Waals surface area contributed by atoms with E-state index in [1.165, 1.54) is 12.7 Å². The highest BCUT2D eigenvalue weighted by atomic mass is 16.5. The second kappa shape index (κ2) is 8.87. The molecule has 2 rings (SSSR count). The van der Waals surface area contributed by atoms with E-state index in [-0.39, 0.29) is 5.91 Å². The molecule has 0 spiro atoms. The van der Waals surface area contributed by atoms with Crippen molar-refractivity contribution < 1.29 is 14.3 Å². The summed E-state index contributed by atoms with van der Waals surface area (Å²) in [5.74, 6) is -0.0449. The van der Waals surface area contributed by atoms with Gasteiger partial charge in [-0.25, -0.2) is 4.79 Å². The van der Waals surface area contributed by atoms with Crippen LogP contribution in [0.15, 0.2) is 48.5 Å². The lowest BCUT2D eigenvalue weighted by Crippen LogP contribution is -2.16. The molecule has 0 heterocycles. The van der Waals surface area contributed by atoms with E-state index in [9.17, 15) is 9.59 Å². The predicted molar refractivity (Wildman–Crippen MR) is 100 cm³/mol. The van der Waals surface area contributed by atoms with Gasteiger partial charge < -0.3 is 15.4 Å². The summed E-state index contributed by atoms with van der Waals surface area (Å²) in [6, 6.07) is 14.9. The lowest BCUT2D eigenvalue weighted by atomic mass is 10.0. The van der Waals surface area contributed by atoms with Crippen LogP contribution in [-0.2, 0) is 9.53 Å². The van der Waals surface area contributed by atoms with E-state index in [1.807, 2.05) is 12.1 Å². The van der Waals surface area contributed by atoms with Crippen molar-refractivity contribution in [2.45, 2.75) is 26.2 Å². The molecule has 0 aromatic heterocycles. The van der Waals surface area contributed by atoms with E-state index in [1.54, 1.807) is 24.3 Å². The summed E-state index contributed by atoms with van der Waals surface area (Å²) in [5, 5.41) is 6.02. The molecule has 0 unspecified atom stereocenters. The first-order valence-corrected chi connectivity index (χ1v) is 8.31. The Hall–Kier alpha value is -2.82. The summed E-state index contributed by atoms with van der Waals surface area (Å²) in [7, 11) is 1.33. The van der Waals surface area contributed by atoms with Crippen molar-refractivity contribution in [3.63, 3.8) is 0 Å². The number of rotatable bonds is 7. The smallest absolute Gasteiger partial charge is 0.337 e. The SMILES string of the molecule is COC(=O)c1cccc(NC(=O)CCNc2ccc(C(C)C)cc2)c1. The van der Waals surface area contributed by atoms with Crippen molar-refractivity contribution in [3.8, 4) is 0 Å². The maximum atomic E-state index is 12.0. The number of hydrogen-bond acceptors (Lipinski definition) is 4. The fourth-order valence-electron chi connectivity index (χ4n) is 2.37. The van der Waals surface area contributed by atoms with Crippen LogP contribution in [0, 0.1) is 0 Å². The highest BCUT2D eigenvalue weighted by Crippen LogP contribution is 2.17. The van der Waals surface area contributed by atoms with Crippen molar-refractivity contribution in [2.24, 2.45) is 0 Å². The van der Waals surface area contributed by atoms with E-state index in [0.29, 0.717) is 30.1 Å². The summed E-state index contributed by atoms with van der Waals surface area (Å²) in [6.45, 7) is 4.84. The molecule has 0 aliphatic rings. The Kier molecular flexibility index (Phi) is 6.57. The maximum absolute atomic E-state index is 12.0. The average molecular weight is 340 g/mol. The van der Waals surface area contributed by atoms with Crippen molar-refractivity contribution in [3.05, 3.63) is 59.7 Å². The van der Waals surface area contributed by atoms with Gasteiger partial charge in [0.05, 0.1) is 12.7 Å². The highest BCUT2D eigenvalue weighted by Gasteiger charge is 2.08. The van der Waals surface area contributed by atoms with Gasteiger partial charge in [-0.2, -0.15) is 0 Å². The van der Waals surface area contributed by atoms with Gasteiger partial charge in [0.15, 0.2) is 0 Å². The molecule has 5 nitrogen and oxygen atoms in total. The van der Waals surface area contributed by atoms with Crippen LogP contribution in [0.1, 0.15) is 42.1 Å². The fourth-order valence-corrected chi connectivity index (χ4v) is 2.37. The Bertz CT molecular complexity index is 724. The number of benzene rings is 2. The molecule has 132 valence electrons. The van der Waals surface area contributed by atoms with E-state index < -0.39 is 5.97 Å². The Balaban J connectivity index is 1.81. The van der Waals surface area contributed by atoms with Crippen LogP contribution in [0.3, 0.4) is 0 Å². The van der Waals surface area contributed by atoms with Crippen molar-refractivity contribution in [2.75, 3.05) is 24.3 Å². The number of nitrogens with one attached hydrogen (secondary N) is 2. The van der Waals surface area contributed by atoms with Gasteiger partial charge in [0.25, 0.3) is 0 Å². The molecule has 0 fully saturated rings. The molecule has 0 bridgehead atoms. The van der Waals surface area contributed by atoms with E-state index in [0.717, 1.165) is 5.69 Å². The molecule has 2 aromatic carbocycles. The number of methoxy groups -OCH3 is 1. The molecule has 25 heavy (non-hydrogen) atoms. The number of amides is 1. The second-order valence-corrected chi connectivity index (χ2v) is 6.07. The predicted octanol–water partition coefficient (Wildman–Crippen LogP) is 4.04. The highest BCUT2D eigenvalue weighted by molar-refractivity contribution is 5.94. The Morgan fingerprint density at radius 2 is 1.76 bits per heavy atom. The first-order chi connectivity index (χ1) is 12.0. The Labute approximate surface area is 148 Å². The van der Waals surface area contributed by atoms with Gasteiger partial charge in [-0.1, -0.05) is 32.0 Å². The Morgan fingerprint density at radius 3 is 2.40 bits per heavy atom. The molecule has 2 aromatic rings. The third kappa shape index (κ3) is 5.64. The van der Waals surface area contributed by atoms with Crippen LogP contribution in [0.2, 0.25) is 0 Å². The van der Waals surface area contributed by atoms with Crippen molar-refractivity contribution >= 4 is 23.3 Å². The van der Waals surface area contributed by atoms with Crippen LogP contribution in [0.25, 0.3) is 0 Å². The van der Waals surface area contributed by atoms with Gasteiger partial charge in [-0.3, -0.25) is 4.79 Å². The van der Waals surface area contributed by atoms with Crippen LogP contribution in [0.5, 0.6) is 0 Å². The molecule has 0 saturated heterocycles. The molecule has 0 atom stereocenters. The summed E-state index contributed by atoms with van der Waals surface area (Å²) in [5.41, 5.74) is 3.26. The fraction of sp³-hybridized carbons (Fsp3) is 0.300. The largest absolute Gasteiger partial charge is 0.465 e. The quantitative estimate of drug-likeness (QED) is 0.747. The third-order valence-electron chi connectivity index (χ3n) is 3.83. The zero-order valence-electron chi connectivity index (χ0n) is 14.8. The molecular formula is C20H24N2O3. The van der Waals surface area contributed by atoms with Crippen LogP contribution in [-0.4, -0.2) is 25.5 Å². The first kappa shape index (κ1) is 18.5. The molecule has 2 N–H and O–H groups in total. The topological polar surface area (TPSA) is 67.4 Å². The van der Waals surface area contributed by atoms with Gasteiger partial charge in [0.1, 0.15) is 0 Å². The standard InChI is InChI=1S/C20H24N2O3/c1-14(2)15-7-9-17(10-8-15)21-12-11-19(23)22-18-6-4-5-16(13-18)20(24)25-3/h4-10,13-14,21H,11-12H2,1-3H3,(H,22,23). The minimum Gasteiger partial charge on any atom is -0.465 e. The minimum atomic E-state index is -0.428. The number of hydrogen-bond donors (Lipinski definition) is 2. The first-order valence-electron chi connectivity index (χ1n) is 8.31. The van der Waals surface area contributed by atoms with Gasteiger partial charge >= 0.3 is 5.97 Å². The monoisotopic (exact) mass is 340 g/mol. The number of anilines is 2. The van der Waals surface area contributed by atoms with Crippen LogP contribution < -0.4 is 10.6 Å². The summed E-state index contributed by atoms with van der Waals surface area (Å²) in [4.78, 5) is 23.5. The van der Waals surface area contributed by atoms with E-state index in [2.05, 4.69) is 41.4 Å². The zero-order chi connectivity index (χ0) is 18.2. The molecule has 0 aliphatic carbocycles. The molecule has 0 aliphatic heterocycles. The van der Waals surface area contributed by atoms with Gasteiger partial charge in [0.2, 0.25) is 5.91 Å². The number of carbonyl (C=O) groups is 2. The van der Waals surface area contributed by atoms with Crippen molar-refractivity contribution in [1.29, 1.82) is 0 Å². The molecule has 0 saturated carbocycles. The van der Waals surface area contributed by atoms with E-state index >= 15 is 0 Å². The molecule has 1 amide bonds. The second-order valence-electron chi connectivity index (χ2n) is 6.07. The van der Waals surface area contributed by atoms with Crippen LogP contribution >= 0.6 is 0 Å². The number of ether oxygens (including phenoxy) is 1.